The lowest BCUT2D eigenvalue weighted by Gasteiger charge is -2.32. The Morgan fingerprint density at radius 2 is 1.73 bits per heavy atom. The van der Waals surface area contributed by atoms with Crippen LogP contribution in [0, 0.1) is 11.8 Å². The minimum atomic E-state index is -0.274. The van der Waals surface area contributed by atoms with Crippen molar-refractivity contribution in [3.8, 4) is 0 Å². The Hall–Kier alpha value is -0.835. The van der Waals surface area contributed by atoms with Crippen molar-refractivity contribution in [1.82, 2.24) is 4.90 Å². The highest BCUT2D eigenvalue weighted by Gasteiger charge is 2.51. The second-order valence-electron chi connectivity index (χ2n) is 8.28. The number of rotatable bonds is 3. The third-order valence-electron chi connectivity index (χ3n) is 5.94. The summed E-state index contributed by atoms with van der Waals surface area (Å²) in [6.07, 6.45) is 1.46. The predicted molar refractivity (Wildman–Crippen MR) is 89.0 cm³/mol. The molecular formula is C18H26BNO2. The molecule has 0 radical (unpaired) electrons. The fourth-order valence-corrected chi connectivity index (χ4v) is 3.70. The van der Waals surface area contributed by atoms with Crippen LogP contribution in [0.3, 0.4) is 0 Å². The molecule has 1 aliphatic carbocycles. The van der Waals surface area contributed by atoms with E-state index in [0.717, 1.165) is 23.8 Å². The van der Waals surface area contributed by atoms with E-state index in [9.17, 15) is 0 Å². The first kappa shape index (κ1) is 14.7. The highest BCUT2D eigenvalue weighted by atomic mass is 16.7. The van der Waals surface area contributed by atoms with Gasteiger partial charge in [0, 0.05) is 19.6 Å². The van der Waals surface area contributed by atoms with Crippen LogP contribution in [0.25, 0.3) is 0 Å². The van der Waals surface area contributed by atoms with Gasteiger partial charge in [-0.1, -0.05) is 24.3 Å². The van der Waals surface area contributed by atoms with Crippen LogP contribution in [0.5, 0.6) is 0 Å². The van der Waals surface area contributed by atoms with E-state index < -0.39 is 0 Å². The van der Waals surface area contributed by atoms with E-state index in [0.29, 0.717) is 0 Å². The van der Waals surface area contributed by atoms with Crippen LogP contribution in [0.1, 0.15) is 39.7 Å². The van der Waals surface area contributed by atoms with Crippen LogP contribution in [-0.2, 0) is 15.9 Å². The minimum absolute atomic E-state index is 0.253. The molecule has 4 heteroatoms. The van der Waals surface area contributed by atoms with Crippen molar-refractivity contribution in [3.05, 3.63) is 29.8 Å². The van der Waals surface area contributed by atoms with Crippen molar-refractivity contribution >= 4 is 12.6 Å². The van der Waals surface area contributed by atoms with Crippen molar-refractivity contribution in [3.63, 3.8) is 0 Å². The van der Waals surface area contributed by atoms with E-state index in [1.807, 2.05) is 0 Å². The molecule has 3 fully saturated rings. The Morgan fingerprint density at radius 3 is 2.36 bits per heavy atom. The molecule has 22 heavy (non-hydrogen) atoms. The van der Waals surface area contributed by atoms with Gasteiger partial charge in [0.15, 0.2) is 0 Å². The molecule has 2 atom stereocenters. The molecule has 2 unspecified atom stereocenters. The Kier molecular flexibility index (Phi) is 3.23. The summed E-state index contributed by atoms with van der Waals surface area (Å²) >= 11 is 0. The summed E-state index contributed by atoms with van der Waals surface area (Å²) in [6.45, 7) is 12.0. The molecule has 3 nitrogen and oxygen atoms in total. The van der Waals surface area contributed by atoms with Gasteiger partial charge in [-0.2, -0.15) is 0 Å². The van der Waals surface area contributed by atoms with Gasteiger partial charge in [0.25, 0.3) is 0 Å². The van der Waals surface area contributed by atoms with Crippen molar-refractivity contribution in [2.75, 3.05) is 13.1 Å². The van der Waals surface area contributed by atoms with Crippen molar-refractivity contribution in [2.24, 2.45) is 11.8 Å². The number of likely N-dealkylation sites (tertiary alicyclic amines) is 1. The van der Waals surface area contributed by atoms with Gasteiger partial charge in [-0.15, -0.1) is 0 Å². The summed E-state index contributed by atoms with van der Waals surface area (Å²) in [4.78, 5) is 2.59. The van der Waals surface area contributed by atoms with Crippen LogP contribution in [0.15, 0.2) is 24.3 Å². The number of fused-ring (bicyclic) bond motifs is 1. The average molecular weight is 299 g/mol. The summed E-state index contributed by atoms with van der Waals surface area (Å²) < 4.78 is 12.3. The van der Waals surface area contributed by atoms with Crippen LogP contribution < -0.4 is 5.46 Å². The average Bonchev–Trinajstić information content (AvgIpc) is 2.97. The maximum atomic E-state index is 6.16. The van der Waals surface area contributed by atoms with Crippen LogP contribution in [-0.4, -0.2) is 36.3 Å². The Labute approximate surface area is 134 Å². The molecule has 1 saturated carbocycles. The lowest BCUT2D eigenvalue weighted by molar-refractivity contribution is 0.00578. The first-order chi connectivity index (χ1) is 10.3. The number of nitrogens with zero attached hydrogens (tertiary/aromatic N) is 1. The molecule has 2 heterocycles. The van der Waals surface area contributed by atoms with E-state index >= 15 is 0 Å². The lowest BCUT2D eigenvalue weighted by atomic mass is 9.78. The quantitative estimate of drug-likeness (QED) is 0.800. The van der Waals surface area contributed by atoms with Crippen molar-refractivity contribution in [1.29, 1.82) is 0 Å². The van der Waals surface area contributed by atoms with Crippen LogP contribution in [0.4, 0.5) is 0 Å². The zero-order chi connectivity index (χ0) is 15.5. The number of hydrogen-bond donors (Lipinski definition) is 0. The van der Waals surface area contributed by atoms with E-state index in [-0.39, 0.29) is 18.3 Å². The van der Waals surface area contributed by atoms with Gasteiger partial charge < -0.3 is 9.31 Å². The summed E-state index contributed by atoms with van der Waals surface area (Å²) in [5.41, 5.74) is 1.96. The maximum Gasteiger partial charge on any atom is 0.494 e. The standard InChI is InChI=1S/C18H26BNO2/c1-17(2)18(3,4)22-19(21-17)16-7-5-6-13(8-16)10-20-11-14-9-15(14)12-20/h5-8,14-15H,9-12H2,1-4H3. The fraction of sp³-hybridized carbons (Fsp3) is 0.667. The Balaban J connectivity index is 1.48. The Morgan fingerprint density at radius 1 is 1.09 bits per heavy atom. The summed E-state index contributed by atoms with van der Waals surface area (Å²) in [5.74, 6) is 1.98. The molecule has 0 amide bonds. The molecule has 1 aromatic rings. The normalized spacial score (nSPS) is 32.3. The highest BCUT2D eigenvalue weighted by Crippen LogP contribution is 2.45. The molecule has 0 bridgehead atoms. The second-order valence-corrected chi connectivity index (χ2v) is 8.28. The smallest absolute Gasteiger partial charge is 0.399 e. The highest BCUT2D eigenvalue weighted by molar-refractivity contribution is 6.62. The molecule has 2 saturated heterocycles. The molecule has 118 valence electrons. The van der Waals surface area contributed by atoms with E-state index in [4.69, 9.17) is 9.31 Å². The number of piperidine rings is 1. The van der Waals surface area contributed by atoms with Crippen molar-refractivity contribution in [2.45, 2.75) is 51.9 Å². The topological polar surface area (TPSA) is 21.7 Å². The van der Waals surface area contributed by atoms with Gasteiger partial charge in [-0.25, -0.2) is 0 Å². The van der Waals surface area contributed by atoms with Gasteiger partial charge in [-0.3, -0.25) is 4.90 Å². The van der Waals surface area contributed by atoms with Crippen molar-refractivity contribution < 1.29 is 9.31 Å². The molecule has 4 rings (SSSR count). The zero-order valence-corrected chi connectivity index (χ0v) is 14.1. The molecule has 0 N–H and O–H groups in total. The summed E-state index contributed by atoms with van der Waals surface area (Å²) in [6, 6.07) is 8.73. The van der Waals surface area contributed by atoms with Gasteiger partial charge in [0.05, 0.1) is 11.2 Å². The Bertz CT molecular complexity index is 560. The van der Waals surface area contributed by atoms with Gasteiger partial charge in [-0.05, 0) is 57.0 Å². The van der Waals surface area contributed by atoms with E-state index in [2.05, 4.69) is 56.9 Å². The lowest BCUT2D eigenvalue weighted by Crippen LogP contribution is -2.41. The predicted octanol–water partition coefficient (Wildman–Crippen LogP) is 2.44. The number of hydrogen-bond acceptors (Lipinski definition) is 3. The molecule has 3 aliphatic rings. The summed E-state index contributed by atoms with van der Waals surface area (Å²) in [5, 5.41) is 0. The maximum absolute atomic E-state index is 6.16. The second kappa shape index (κ2) is 4.83. The van der Waals surface area contributed by atoms with E-state index in [1.165, 1.54) is 25.1 Å². The molecule has 0 aromatic heterocycles. The zero-order valence-electron chi connectivity index (χ0n) is 14.1. The van der Waals surface area contributed by atoms with Crippen LogP contribution >= 0.6 is 0 Å². The van der Waals surface area contributed by atoms with Gasteiger partial charge in [0.2, 0.25) is 0 Å². The first-order valence-corrected chi connectivity index (χ1v) is 8.51. The molecule has 0 spiro atoms. The minimum Gasteiger partial charge on any atom is -0.399 e. The third-order valence-corrected chi connectivity index (χ3v) is 5.94. The molecule has 1 aromatic carbocycles. The number of benzene rings is 1. The SMILES string of the molecule is CC1(C)OB(c2cccc(CN3CC4CC4C3)c2)OC1(C)C. The first-order valence-electron chi connectivity index (χ1n) is 8.51. The monoisotopic (exact) mass is 299 g/mol. The van der Waals surface area contributed by atoms with Crippen LogP contribution in [0.2, 0.25) is 0 Å². The van der Waals surface area contributed by atoms with E-state index in [1.54, 1.807) is 0 Å². The molecular weight excluding hydrogens is 273 g/mol. The van der Waals surface area contributed by atoms with Gasteiger partial charge >= 0.3 is 7.12 Å². The molecule has 2 aliphatic heterocycles. The fourth-order valence-electron chi connectivity index (χ4n) is 3.70. The largest absolute Gasteiger partial charge is 0.494 e. The van der Waals surface area contributed by atoms with Gasteiger partial charge in [0.1, 0.15) is 0 Å². The third kappa shape index (κ3) is 2.51. The summed E-state index contributed by atoms with van der Waals surface area (Å²) in [7, 11) is -0.253.